The molecule has 6 aromatic carbocycles. The molecule has 0 saturated carbocycles. The molecule has 0 aliphatic carbocycles. The van der Waals surface area contributed by atoms with Crippen molar-refractivity contribution in [3.8, 4) is 16.8 Å². The third-order valence-electron chi connectivity index (χ3n) is 8.60. The van der Waals surface area contributed by atoms with Crippen LogP contribution >= 0.6 is 0 Å². The molecular formula is C38H27N. The molecule has 1 unspecified atom stereocenters. The molecule has 0 spiro atoms. The van der Waals surface area contributed by atoms with Crippen LogP contribution in [0.25, 0.3) is 38.6 Å². The van der Waals surface area contributed by atoms with E-state index in [1.165, 1.54) is 66.4 Å². The number of aromatic nitrogens is 1. The fourth-order valence-electron chi connectivity index (χ4n) is 7.02. The summed E-state index contributed by atoms with van der Waals surface area (Å²) in [7, 11) is 0. The number of benzene rings is 6. The van der Waals surface area contributed by atoms with Crippen LogP contribution in [0.15, 0.2) is 146 Å². The second-order valence-corrected chi connectivity index (χ2v) is 10.6. The second kappa shape index (κ2) is 8.31. The summed E-state index contributed by atoms with van der Waals surface area (Å²) in [5, 5.41) is 2.59. The summed E-state index contributed by atoms with van der Waals surface area (Å²) < 4.78 is 2.49. The van der Waals surface area contributed by atoms with Gasteiger partial charge in [-0.2, -0.15) is 0 Å². The third kappa shape index (κ3) is 2.96. The Hall–Kier alpha value is -4.88. The molecule has 0 bridgehead atoms. The van der Waals surface area contributed by atoms with Crippen LogP contribution < -0.4 is 0 Å². The van der Waals surface area contributed by atoms with Gasteiger partial charge in [-0.15, -0.1) is 0 Å². The first kappa shape index (κ1) is 22.1. The average molecular weight is 498 g/mol. The van der Waals surface area contributed by atoms with Gasteiger partial charge in [0.1, 0.15) is 0 Å². The standard InChI is InChI=1S/C38H27N/c1-26-13-5-7-20-32(26)38(29-17-11-16-28(25-29)27-14-3-2-4-15-27)33-21-8-10-24-36(33)39-35-23-9-6-18-30(35)31-19-12-22-34(38)37(31)39/h2-25H,1H3. The number of para-hydroxylation sites is 3. The van der Waals surface area contributed by atoms with Gasteiger partial charge < -0.3 is 4.57 Å². The molecule has 0 radical (unpaired) electrons. The Bertz CT molecular complexity index is 2030. The summed E-state index contributed by atoms with van der Waals surface area (Å²) in [6.45, 7) is 2.25. The summed E-state index contributed by atoms with van der Waals surface area (Å²) in [6, 6.07) is 53.6. The van der Waals surface area contributed by atoms with Gasteiger partial charge in [0.15, 0.2) is 0 Å². The van der Waals surface area contributed by atoms with Gasteiger partial charge in [-0.3, -0.25) is 0 Å². The number of hydrogen-bond donors (Lipinski definition) is 0. The molecule has 1 heteroatoms. The Morgan fingerprint density at radius 1 is 0.487 bits per heavy atom. The summed E-state index contributed by atoms with van der Waals surface area (Å²) in [5.74, 6) is 0. The normalized spacial score (nSPS) is 15.9. The summed E-state index contributed by atoms with van der Waals surface area (Å²) >= 11 is 0. The van der Waals surface area contributed by atoms with E-state index in [-0.39, 0.29) is 0 Å². The fraction of sp³-hybridized carbons (Fsp3) is 0.0526. The molecule has 2 heterocycles. The maximum absolute atomic E-state index is 2.49. The predicted molar refractivity (Wildman–Crippen MR) is 163 cm³/mol. The van der Waals surface area contributed by atoms with Gasteiger partial charge in [0.05, 0.1) is 22.1 Å². The van der Waals surface area contributed by atoms with Crippen LogP contribution in [0.4, 0.5) is 0 Å². The predicted octanol–water partition coefficient (Wildman–Crippen LogP) is 9.46. The first-order valence-corrected chi connectivity index (χ1v) is 13.6. The van der Waals surface area contributed by atoms with Crippen LogP contribution in [0.5, 0.6) is 0 Å². The molecule has 1 aromatic heterocycles. The summed E-state index contributed by atoms with van der Waals surface area (Å²) in [6.07, 6.45) is 0. The zero-order valence-electron chi connectivity index (χ0n) is 21.8. The number of rotatable bonds is 3. The van der Waals surface area contributed by atoms with Crippen molar-refractivity contribution >= 4 is 21.8 Å². The van der Waals surface area contributed by atoms with Crippen LogP contribution in [0, 0.1) is 6.92 Å². The molecule has 1 aliphatic rings. The van der Waals surface area contributed by atoms with Gasteiger partial charge >= 0.3 is 0 Å². The molecule has 184 valence electrons. The van der Waals surface area contributed by atoms with E-state index in [9.17, 15) is 0 Å². The Morgan fingerprint density at radius 3 is 2.00 bits per heavy atom. The molecular weight excluding hydrogens is 470 g/mol. The molecule has 1 atom stereocenters. The molecule has 0 saturated heterocycles. The Morgan fingerprint density at radius 2 is 1.13 bits per heavy atom. The summed E-state index contributed by atoms with van der Waals surface area (Å²) in [5.41, 5.74) is 12.3. The van der Waals surface area contributed by atoms with Gasteiger partial charge in [0, 0.05) is 10.8 Å². The lowest BCUT2D eigenvalue weighted by Gasteiger charge is -2.42. The van der Waals surface area contributed by atoms with Crippen molar-refractivity contribution in [1.82, 2.24) is 4.57 Å². The van der Waals surface area contributed by atoms with E-state index >= 15 is 0 Å². The van der Waals surface area contributed by atoms with Gasteiger partial charge in [-0.05, 0) is 64.1 Å². The first-order chi connectivity index (χ1) is 19.3. The lowest BCUT2D eigenvalue weighted by Crippen LogP contribution is -2.36. The van der Waals surface area contributed by atoms with E-state index in [4.69, 9.17) is 0 Å². The van der Waals surface area contributed by atoms with Crippen LogP contribution in [0.1, 0.15) is 27.8 Å². The van der Waals surface area contributed by atoms with E-state index in [0.29, 0.717) is 0 Å². The molecule has 1 aliphatic heterocycles. The van der Waals surface area contributed by atoms with Crippen molar-refractivity contribution in [2.45, 2.75) is 12.3 Å². The topological polar surface area (TPSA) is 4.93 Å². The zero-order valence-corrected chi connectivity index (χ0v) is 21.8. The van der Waals surface area contributed by atoms with Crippen molar-refractivity contribution in [2.75, 3.05) is 0 Å². The Labute approximate surface area is 228 Å². The van der Waals surface area contributed by atoms with Gasteiger partial charge in [-0.1, -0.05) is 127 Å². The van der Waals surface area contributed by atoms with Crippen molar-refractivity contribution < 1.29 is 0 Å². The van der Waals surface area contributed by atoms with Gasteiger partial charge in [0.2, 0.25) is 0 Å². The highest BCUT2D eigenvalue weighted by Gasteiger charge is 2.45. The number of fused-ring (bicyclic) bond motifs is 5. The Kier molecular flexibility index (Phi) is 4.72. The van der Waals surface area contributed by atoms with E-state index in [2.05, 4.69) is 157 Å². The van der Waals surface area contributed by atoms with Crippen molar-refractivity contribution in [2.24, 2.45) is 0 Å². The van der Waals surface area contributed by atoms with Crippen LogP contribution in [0.3, 0.4) is 0 Å². The van der Waals surface area contributed by atoms with E-state index in [1.54, 1.807) is 0 Å². The maximum Gasteiger partial charge on any atom is 0.0745 e. The largest absolute Gasteiger partial charge is 0.309 e. The highest BCUT2D eigenvalue weighted by molar-refractivity contribution is 6.12. The number of nitrogens with zero attached hydrogens (tertiary/aromatic N) is 1. The number of aryl methyl sites for hydroxylation is 1. The second-order valence-electron chi connectivity index (χ2n) is 10.6. The van der Waals surface area contributed by atoms with Crippen molar-refractivity contribution in [3.05, 3.63) is 173 Å². The van der Waals surface area contributed by atoms with E-state index < -0.39 is 5.41 Å². The quantitative estimate of drug-likeness (QED) is 0.229. The molecule has 7 aromatic rings. The maximum atomic E-state index is 2.49. The minimum absolute atomic E-state index is 0.476. The Balaban J connectivity index is 1.60. The minimum Gasteiger partial charge on any atom is -0.309 e. The van der Waals surface area contributed by atoms with Crippen LogP contribution in [-0.4, -0.2) is 4.57 Å². The molecule has 0 fully saturated rings. The molecule has 0 N–H and O–H groups in total. The monoisotopic (exact) mass is 497 g/mol. The van der Waals surface area contributed by atoms with Gasteiger partial charge in [0.25, 0.3) is 0 Å². The van der Waals surface area contributed by atoms with E-state index in [1.807, 2.05) is 0 Å². The van der Waals surface area contributed by atoms with Crippen molar-refractivity contribution in [3.63, 3.8) is 0 Å². The highest BCUT2D eigenvalue weighted by Crippen LogP contribution is 2.55. The molecule has 8 rings (SSSR count). The molecule has 39 heavy (non-hydrogen) atoms. The lowest BCUT2D eigenvalue weighted by atomic mass is 9.62. The van der Waals surface area contributed by atoms with Crippen molar-refractivity contribution in [1.29, 1.82) is 0 Å². The molecule has 1 nitrogen and oxygen atoms in total. The first-order valence-electron chi connectivity index (χ1n) is 13.6. The smallest absolute Gasteiger partial charge is 0.0745 e. The van der Waals surface area contributed by atoms with E-state index in [0.717, 1.165) is 0 Å². The zero-order chi connectivity index (χ0) is 26.0. The SMILES string of the molecule is Cc1ccccc1C1(c2cccc(-c3ccccc3)c2)c2ccccc2-n2c3ccccc3c3cccc1c32. The third-order valence-corrected chi connectivity index (χ3v) is 8.60. The summed E-state index contributed by atoms with van der Waals surface area (Å²) in [4.78, 5) is 0. The average Bonchev–Trinajstić information content (AvgIpc) is 3.34. The lowest BCUT2D eigenvalue weighted by molar-refractivity contribution is 0.722. The molecule has 0 amide bonds. The minimum atomic E-state index is -0.476. The fourth-order valence-corrected chi connectivity index (χ4v) is 7.02. The van der Waals surface area contributed by atoms with Gasteiger partial charge in [-0.25, -0.2) is 0 Å². The van der Waals surface area contributed by atoms with Crippen LogP contribution in [0.2, 0.25) is 0 Å². The number of hydrogen-bond acceptors (Lipinski definition) is 0. The van der Waals surface area contributed by atoms with Crippen LogP contribution in [-0.2, 0) is 5.41 Å². The highest BCUT2D eigenvalue weighted by atomic mass is 15.0.